The number of hydrogen-bond donors (Lipinski definition) is 1. The number of aromatic carboxylic acids is 1. The molecule has 0 aliphatic carbocycles. The zero-order chi connectivity index (χ0) is 18.4. The Balaban J connectivity index is 2.08. The standard InChI is InChI=1S/C18H20O7/c1-12(2)16(21)23-11-9-18(8-5-10-24-18)25-17(22)14-7-4-3-6-13(14)15(19)20/h3-4,6-7H,1,5,8-11H2,2H3,(H,19,20). The molecule has 1 aromatic rings. The van der Waals surface area contributed by atoms with Gasteiger partial charge in [0.15, 0.2) is 0 Å². The average Bonchev–Trinajstić information content (AvgIpc) is 3.03. The molecule has 1 N–H and O–H groups in total. The number of carbonyl (C=O) groups excluding carboxylic acids is 2. The van der Waals surface area contributed by atoms with Gasteiger partial charge in [0.05, 0.1) is 24.3 Å². The molecule has 1 unspecified atom stereocenters. The Morgan fingerprint density at radius 1 is 1.28 bits per heavy atom. The van der Waals surface area contributed by atoms with Gasteiger partial charge in [-0.15, -0.1) is 0 Å². The Morgan fingerprint density at radius 3 is 2.52 bits per heavy atom. The monoisotopic (exact) mass is 348 g/mol. The van der Waals surface area contributed by atoms with E-state index in [2.05, 4.69) is 6.58 Å². The van der Waals surface area contributed by atoms with E-state index in [1.165, 1.54) is 25.1 Å². The van der Waals surface area contributed by atoms with Gasteiger partial charge in [0.1, 0.15) is 0 Å². The van der Waals surface area contributed by atoms with Crippen LogP contribution in [0.15, 0.2) is 36.4 Å². The SMILES string of the molecule is C=C(C)C(=O)OCCC1(OC(=O)c2ccccc2C(=O)O)CCCO1. The summed E-state index contributed by atoms with van der Waals surface area (Å²) < 4.78 is 16.1. The predicted molar refractivity (Wildman–Crippen MR) is 87.1 cm³/mol. The predicted octanol–water partition coefficient (Wildman–Crippen LogP) is 2.56. The van der Waals surface area contributed by atoms with Crippen molar-refractivity contribution in [1.82, 2.24) is 0 Å². The van der Waals surface area contributed by atoms with Crippen LogP contribution < -0.4 is 0 Å². The fourth-order valence-corrected chi connectivity index (χ4v) is 2.49. The van der Waals surface area contributed by atoms with E-state index in [1.807, 2.05) is 0 Å². The van der Waals surface area contributed by atoms with Gasteiger partial charge in [-0.2, -0.15) is 0 Å². The third kappa shape index (κ3) is 4.67. The zero-order valence-electron chi connectivity index (χ0n) is 13.9. The van der Waals surface area contributed by atoms with Crippen LogP contribution in [0.4, 0.5) is 0 Å². The van der Waals surface area contributed by atoms with Gasteiger partial charge in [-0.25, -0.2) is 14.4 Å². The van der Waals surface area contributed by atoms with Crippen molar-refractivity contribution in [2.24, 2.45) is 0 Å². The molecule has 0 spiro atoms. The van der Waals surface area contributed by atoms with Crippen molar-refractivity contribution in [3.63, 3.8) is 0 Å². The van der Waals surface area contributed by atoms with Crippen LogP contribution in [0.3, 0.4) is 0 Å². The van der Waals surface area contributed by atoms with Gasteiger partial charge in [-0.05, 0) is 25.5 Å². The highest BCUT2D eigenvalue weighted by Crippen LogP contribution is 2.32. The summed E-state index contributed by atoms with van der Waals surface area (Å²) in [6.07, 6.45) is 1.29. The minimum atomic E-state index is -1.22. The fraction of sp³-hybridized carbons (Fsp3) is 0.389. The third-order valence-corrected chi connectivity index (χ3v) is 3.79. The van der Waals surface area contributed by atoms with Crippen LogP contribution in [-0.4, -0.2) is 42.0 Å². The van der Waals surface area contributed by atoms with Crippen molar-refractivity contribution in [2.45, 2.75) is 32.0 Å². The summed E-state index contributed by atoms with van der Waals surface area (Å²) in [5.41, 5.74) is 0.0759. The Morgan fingerprint density at radius 2 is 1.96 bits per heavy atom. The van der Waals surface area contributed by atoms with Crippen LogP contribution >= 0.6 is 0 Å². The van der Waals surface area contributed by atoms with Crippen LogP contribution in [0.2, 0.25) is 0 Å². The van der Waals surface area contributed by atoms with E-state index >= 15 is 0 Å². The molecule has 1 heterocycles. The molecular weight excluding hydrogens is 328 g/mol. The third-order valence-electron chi connectivity index (χ3n) is 3.79. The van der Waals surface area contributed by atoms with E-state index in [0.717, 1.165) is 0 Å². The van der Waals surface area contributed by atoms with Crippen LogP contribution in [0.5, 0.6) is 0 Å². The van der Waals surface area contributed by atoms with E-state index in [0.29, 0.717) is 19.4 Å². The number of carboxylic acids is 1. The molecule has 25 heavy (non-hydrogen) atoms. The molecule has 0 radical (unpaired) electrons. The second-order valence-corrected chi connectivity index (χ2v) is 5.77. The second kappa shape index (κ2) is 7.94. The topological polar surface area (TPSA) is 99.1 Å². The lowest BCUT2D eigenvalue weighted by Gasteiger charge is -2.28. The smallest absolute Gasteiger partial charge is 0.341 e. The molecule has 0 saturated carbocycles. The first-order valence-electron chi connectivity index (χ1n) is 7.87. The molecule has 1 fully saturated rings. The zero-order valence-corrected chi connectivity index (χ0v) is 13.9. The van der Waals surface area contributed by atoms with E-state index in [-0.39, 0.29) is 29.7 Å². The molecule has 7 nitrogen and oxygen atoms in total. The summed E-state index contributed by atoms with van der Waals surface area (Å²) in [6.45, 7) is 5.43. The minimum Gasteiger partial charge on any atom is -0.478 e. The first kappa shape index (κ1) is 18.7. The number of rotatable bonds is 7. The van der Waals surface area contributed by atoms with Crippen molar-refractivity contribution in [2.75, 3.05) is 13.2 Å². The fourth-order valence-electron chi connectivity index (χ4n) is 2.49. The molecule has 1 saturated heterocycles. The molecule has 0 amide bonds. The van der Waals surface area contributed by atoms with Gasteiger partial charge in [0.25, 0.3) is 0 Å². The summed E-state index contributed by atoms with van der Waals surface area (Å²) in [4.78, 5) is 35.1. The van der Waals surface area contributed by atoms with Gasteiger partial charge in [0.2, 0.25) is 5.79 Å². The Labute approximate surface area is 145 Å². The van der Waals surface area contributed by atoms with E-state index in [9.17, 15) is 19.5 Å². The Hall–Kier alpha value is -2.67. The number of hydrogen-bond acceptors (Lipinski definition) is 6. The largest absolute Gasteiger partial charge is 0.478 e. The van der Waals surface area contributed by atoms with Crippen LogP contribution in [0, 0.1) is 0 Å². The number of ether oxygens (including phenoxy) is 3. The highest BCUT2D eigenvalue weighted by molar-refractivity contribution is 6.02. The molecule has 134 valence electrons. The first-order chi connectivity index (χ1) is 11.8. The highest BCUT2D eigenvalue weighted by Gasteiger charge is 2.40. The van der Waals surface area contributed by atoms with Crippen molar-refractivity contribution >= 4 is 17.9 Å². The lowest BCUT2D eigenvalue weighted by atomic mass is 10.1. The molecule has 1 aliphatic rings. The van der Waals surface area contributed by atoms with Gasteiger partial charge in [0, 0.05) is 18.4 Å². The van der Waals surface area contributed by atoms with Crippen molar-refractivity contribution < 1.29 is 33.7 Å². The van der Waals surface area contributed by atoms with Crippen LogP contribution in [0.1, 0.15) is 46.9 Å². The molecule has 0 aromatic heterocycles. The molecule has 2 rings (SSSR count). The normalized spacial score (nSPS) is 19.2. The quantitative estimate of drug-likeness (QED) is 0.597. The highest BCUT2D eigenvalue weighted by atomic mass is 16.7. The van der Waals surface area contributed by atoms with Crippen LogP contribution in [0.25, 0.3) is 0 Å². The maximum absolute atomic E-state index is 12.4. The lowest BCUT2D eigenvalue weighted by molar-refractivity contribution is -0.185. The summed E-state index contributed by atoms with van der Waals surface area (Å²) in [5.74, 6) is -3.76. The van der Waals surface area contributed by atoms with Gasteiger partial charge < -0.3 is 19.3 Å². The van der Waals surface area contributed by atoms with Crippen LogP contribution in [-0.2, 0) is 19.0 Å². The maximum Gasteiger partial charge on any atom is 0.341 e. The van der Waals surface area contributed by atoms with E-state index in [1.54, 1.807) is 6.07 Å². The Kier molecular flexibility index (Phi) is 5.93. The van der Waals surface area contributed by atoms with E-state index in [4.69, 9.17) is 14.2 Å². The summed E-state index contributed by atoms with van der Waals surface area (Å²) >= 11 is 0. The maximum atomic E-state index is 12.4. The molecule has 1 aromatic carbocycles. The number of esters is 2. The van der Waals surface area contributed by atoms with Gasteiger partial charge in [-0.3, -0.25) is 0 Å². The van der Waals surface area contributed by atoms with Gasteiger partial charge in [-0.1, -0.05) is 18.7 Å². The van der Waals surface area contributed by atoms with Crippen molar-refractivity contribution in [3.05, 3.63) is 47.5 Å². The van der Waals surface area contributed by atoms with E-state index < -0.39 is 23.7 Å². The molecule has 1 aliphatic heterocycles. The number of benzene rings is 1. The molecule has 0 bridgehead atoms. The minimum absolute atomic E-state index is 0.000446. The summed E-state index contributed by atoms with van der Waals surface area (Å²) in [6, 6.07) is 5.80. The van der Waals surface area contributed by atoms with Crippen molar-refractivity contribution in [3.8, 4) is 0 Å². The average molecular weight is 348 g/mol. The summed E-state index contributed by atoms with van der Waals surface area (Å²) in [7, 11) is 0. The molecule has 1 atom stereocenters. The van der Waals surface area contributed by atoms with Gasteiger partial charge >= 0.3 is 17.9 Å². The number of carbonyl (C=O) groups is 3. The van der Waals surface area contributed by atoms with Crippen molar-refractivity contribution in [1.29, 1.82) is 0 Å². The summed E-state index contributed by atoms with van der Waals surface area (Å²) in [5, 5.41) is 9.19. The molecular formula is C18H20O7. The second-order valence-electron chi connectivity index (χ2n) is 5.77. The Bertz CT molecular complexity index is 686. The first-order valence-corrected chi connectivity index (χ1v) is 7.87. The molecule has 7 heteroatoms. The lowest BCUT2D eigenvalue weighted by Crippen LogP contribution is -2.36. The number of carboxylic acid groups (broad SMARTS) is 1.